The van der Waals surface area contributed by atoms with E-state index in [4.69, 9.17) is 29.9 Å². The van der Waals surface area contributed by atoms with Gasteiger partial charge in [-0.3, -0.25) is 39.0 Å². The lowest BCUT2D eigenvalue weighted by Crippen LogP contribution is -2.06. The van der Waals surface area contributed by atoms with E-state index in [9.17, 15) is 0 Å². The number of thiophene rings is 3. The zero-order chi connectivity index (χ0) is 83.4. The van der Waals surface area contributed by atoms with Gasteiger partial charge in [0.15, 0.2) is 17.5 Å². The van der Waals surface area contributed by atoms with E-state index >= 15 is 0 Å². The lowest BCUT2D eigenvalue weighted by Gasteiger charge is -2.13. The second-order valence-electron chi connectivity index (χ2n) is 30.4. The van der Waals surface area contributed by atoms with Crippen molar-refractivity contribution in [2.75, 3.05) is 0 Å². The van der Waals surface area contributed by atoms with Gasteiger partial charge in [-0.25, -0.2) is 19.9 Å². The minimum absolute atomic E-state index is 0.569. The second-order valence-corrected chi connectivity index (χ2v) is 33.6. The van der Waals surface area contributed by atoms with Crippen LogP contribution in [-0.2, 0) is 0 Å². The van der Waals surface area contributed by atoms with Gasteiger partial charge in [0.05, 0.1) is 50.2 Å². The van der Waals surface area contributed by atoms with Crippen LogP contribution >= 0.6 is 34.0 Å². The topological polar surface area (TPSA) is 169 Å². The molecule has 0 bridgehead atoms. The summed E-state index contributed by atoms with van der Waals surface area (Å²) in [6, 6.07) is 117. The third-order valence-electron chi connectivity index (χ3n) is 22.9. The number of hydrogen-bond donors (Lipinski definition) is 0. The summed E-state index contributed by atoms with van der Waals surface area (Å²) in [5, 5.41) is 11.1. The van der Waals surface area contributed by atoms with Crippen molar-refractivity contribution < 1.29 is 0 Å². The summed E-state index contributed by atoms with van der Waals surface area (Å²) in [7, 11) is 0. The molecule has 126 heavy (non-hydrogen) atoms. The number of fused-ring (bicyclic) bond motifs is 15. The Balaban J connectivity index is 0.000000109. The van der Waals surface area contributed by atoms with E-state index in [1.54, 1.807) is 49.6 Å². The molecule has 15 aromatic heterocycles. The molecule has 15 heterocycles. The first-order valence-electron chi connectivity index (χ1n) is 41.2. The number of pyridine rings is 7. The molecule has 15 nitrogen and oxygen atoms in total. The van der Waals surface area contributed by atoms with Crippen LogP contribution in [0.1, 0.15) is 0 Å². The maximum atomic E-state index is 5.17. The van der Waals surface area contributed by atoms with Gasteiger partial charge < -0.3 is 4.57 Å². The smallest absolute Gasteiger partial charge is 0.238 e. The van der Waals surface area contributed by atoms with Crippen molar-refractivity contribution in [3.8, 4) is 128 Å². The lowest BCUT2D eigenvalue weighted by atomic mass is 10.0. The van der Waals surface area contributed by atoms with Crippen LogP contribution in [0.3, 0.4) is 0 Å². The van der Waals surface area contributed by atoms with Gasteiger partial charge in [0.2, 0.25) is 5.95 Å². The first kappa shape index (κ1) is 74.7. The van der Waals surface area contributed by atoms with Crippen molar-refractivity contribution in [1.82, 2.24) is 73.5 Å². The van der Waals surface area contributed by atoms with E-state index in [0.29, 0.717) is 23.4 Å². The molecule has 18 heteroatoms. The van der Waals surface area contributed by atoms with Crippen molar-refractivity contribution in [3.63, 3.8) is 0 Å². The van der Waals surface area contributed by atoms with Gasteiger partial charge in [-0.05, 0) is 196 Å². The Kier molecular flexibility index (Phi) is 19.1. The third-order valence-corrected chi connectivity index (χ3v) is 26.6. The molecular formula is C108H67N15S3. The molecule has 592 valence electrons. The number of rotatable bonds is 13. The standard InChI is InChI=1S/C41H26N4S.C34H21N5S.C33H20N6S/c1-2-7-29(8-3-1)39-26-31-13-14-38-40(41(31)46-39)34-11-4-5-12-37(34)45(38)33-10-6-9-30(23-33)36-25-32(27-15-19-42-20-16-27)24-35(44-36)28-17-21-43-22-18-28;1-2-6-23(7-3-1)30-20-25-10-11-29-32(33(25)40-30)26-8-4-5-9-28(26)39(29)31-21-27(22-12-16-35-17-13-22)37-34(38-31)24-14-18-36-19-15-24;1-2-6-21(7-3-1)28-20-24-10-11-27-29(30(24)40-28)25-8-4-5-9-26(25)39(27)33-37-31(22-12-16-34-17-13-22)36-32(38-33)23-14-18-35-19-15-23/h1-26H;1-21H;1-20H. The third kappa shape index (κ3) is 13.8. The van der Waals surface area contributed by atoms with E-state index < -0.39 is 0 Å². The van der Waals surface area contributed by atoms with Crippen LogP contribution < -0.4 is 0 Å². The summed E-state index contributed by atoms with van der Waals surface area (Å²) in [4.78, 5) is 59.1. The van der Waals surface area contributed by atoms with Crippen molar-refractivity contribution >= 4 is 130 Å². The molecule has 0 spiro atoms. The van der Waals surface area contributed by atoms with Gasteiger partial charge in [0.1, 0.15) is 5.82 Å². The van der Waals surface area contributed by atoms with E-state index in [1.807, 2.05) is 132 Å². The normalized spacial score (nSPS) is 11.5. The zero-order valence-corrected chi connectivity index (χ0v) is 69.6. The molecule has 0 amide bonds. The fourth-order valence-electron chi connectivity index (χ4n) is 17.1. The molecule has 0 radical (unpaired) electrons. The molecular weight excluding hydrogens is 1600 g/mol. The predicted octanol–water partition coefficient (Wildman–Crippen LogP) is 27.4. The van der Waals surface area contributed by atoms with Crippen LogP contribution in [-0.4, -0.2) is 73.5 Å². The number of para-hydroxylation sites is 3. The molecule has 0 atom stereocenters. The number of hydrogen-bond acceptors (Lipinski definition) is 15. The number of aromatic nitrogens is 15. The summed E-state index contributed by atoms with van der Waals surface area (Å²) in [5.74, 6) is 3.22. The van der Waals surface area contributed by atoms with Crippen LogP contribution in [0.5, 0.6) is 0 Å². The van der Waals surface area contributed by atoms with Gasteiger partial charge >= 0.3 is 0 Å². The van der Waals surface area contributed by atoms with Gasteiger partial charge in [-0.15, -0.1) is 34.0 Å². The molecule has 0 fully saturated rings. The Bertz CT molecular complexity index is 7890. The maximum absolute atomic E-state index is 5.17. The monoisotopic (exact) mass is 1670 g/mol. The molecule has 0 aliphatic rings. The number of benzene rings is 10. The van der Waals surface area contributed by atoms with Crippen LogP contribution in [0.2, 0.25) is 0 Å². The quantitative estimate of drug-likeness (QED) is 0.107. The van der Waals surface area contributed by atoms with Crippen LogP contribution in [0, 0.1) is 0 Å². The highest BCUT2D eigenvalue weighted by Gasteiger charge is 2.25. The molecule has 0 aliphatic heterocycles. The zero-order valence-electron chi connectivity index (χ0n) is 67.1. The first-order chi connectivity index (χ1) is 62.5. The Labute approximate surface area is 733 Å². The van der Waals surface area contributed by atoms with Gasteiger partial charge in [0, 0.05) is 181 Å². The van der Waals surface area contributed by atoms with Gasteiger partial charge in [0.25, 0.3) is 0 Å². The van der Waals surface area contributed by atoms with Crippen molar-refractivity contribution in [3.05, 3.63) is 408 Å². The van der Waals surface area contributed by atoms with E-state index in [2.05, 4.69) is 304 Å². The highest BCUT2D eigenvalue weighted by atomic mass is 32.1. The Morgan fingerprint density at radius 3 is 0.976 bits per heavy atom. The Hall–Kier alpha value is -16.4. The minimum Gasteiger partial charge on any atom is -0.309 e. The SMILES string of the molecule is c1ccc(-c2cc3ccc4c(c5ccccc5n4-c4cc(-c5ccncc5)nc(-c5ccncc5)n4)c3s2)cc1.c1ccc(-c2cc3ccc4c(c5ccccc5n4-c4cccc(-c5cc(-c6ccncc6)cc(-c6ccncc6)n5)c4)c3s2)cc1.c1ccc(-c2cc3ccc4c(c5ccccc5n4-c4nc(-c5ccncc5)nc(-c5ccncc5)n4)c3s2)cc1. The predicted molar refractivity (Wildman–Crippen MR) is 516 cm³/mol. The fraction of sp³-hybridized carbons (Fsp3) is 0. The Morgan fingerprint density at radius 1 is 0.198 bits per heavy atom. The van der Waals surface area contributed by atoms with Gasteiger partial charge in [-0.1, -0.05) is 176 Å². The molecule has 0 saturated heterocycles. The first-order valence-corrected chi connectivity index (χ1v) is 43.7. The molecule has 10 aromatic carbocycles. The molecule has 0 N–H and O–H groups in total. The van der Waals surface area contributed by atoms with Crippen LogP contribution in [0.25, 0.3) is 224 Å². The molecule has 0 unspecified atom stereocenters. The summed E-state index contributed by atoms with van der Waals surface area (Å²) < 4.78 is 10.7. The minimum atomic E-state index is 0.569. The second kappa shape index (κ2) is 32.2. The average molecular weight is 1670 g/mol. The van der Waals surface area contributed by atoms with Crippen molar-refractivity contribution in [2.45, 2.75) is 0 Å². The molecule has 0 saturated carbocycles. The highest BCUT2D eigenvalue weighted by Crippen LogP contribution is 2.48. The molecule has 25 rings (SSSR count). The largest absolute Gasteiger partial charge is 0.309 e. The molecule has 0 aliphatic carbocycles. The van der Waals surface area contributed by atoms with Gasteiger partial charge in [-0.2, -0.15) is 9.97 Å². The number of nitrogens with zero attached hydrogens (tertiary/aromatic N) is 15. The molecule has 25 aromatic rings. The summed E-state index contributed by atoms with van der Waals surface area (Å²) in [6.07, 6.45) is 21.4. The van der Waals surface area contributed by atoms with Crippen LogP contribution in [0.15, 0.2) is 408 Å². The van der Waals surface area contributed by atoms with Crippen molar-refractivity contribution in [2.24, 2.45) is 0 Å². The fourth-order valence-corrected chi connectivity index (χ4v) is 20.7. The van der Waals surface area contributed by atoms with E-state index in [1.165, 1.54) is 105 Å². The maximum Gasteiger partial charge on any atom is 0.238 e. The van der Waals surface area contributed by atoms with E-state index in [0.717, 1.165) is 95.2 Å². The highest BCUT2D eigenvalue weighted by molar-refractivity contribution is 7.24. The summed E-state index contributed by atoms with van der Waals surface area (Å²) >= 11 is 5.54. The van der Waals surface area contributed by atoms with E-state index in [-0.39, 0.29) is 0 Å². The average Bonchev–Trinajstić information content (AvgIpc) is 1.58. The Morgan fingerprint density at radius 2 is 0.540 bits per heavy atom. The van der Waals surface area contributed by atoms with Crippen LogP contribution in [0.4, 0.5) is 0 Å². The van der Waals surface area contributed by atoms with Crippen molar-refractivity contribution in [1.29, 1.82) is 0 Å². The summed E-state index contributed by atoms with van der Waals surface area (Å²) in [6.45, 7) is 0. The lowest BCUT2D eigenvalue weighted by molar-refractivity contribution is 0.952. The summed E-state index contributed by atoms with van der Waals surface area (Å²) in [5.41, 5.74) is 22.1.